The zero-order valence-electron chi connectivity index (χ0n) is 11.4. The summed E-state index contributed by atoms with van der Waals surface area (Å²) in [6.07, 6.45) is 3.59. The summed E-state index contributed by atoms with van der Waals surface area (Å²) < 4.78 is 0. The first-order valence-electron chi connectivity index (χ1n) is 6.99. The Labute approximate surface area is 104 Å². The Balaban J connectivity index is 2.18. The van der Waals surface area contributed by atoms with Crippen molar-refractivity contribution in [2.75, 3.05) is 0 Å². The van der Waals surface area contributed by atoms with Crippen LogP contribution in [-0.2, 0) is 4.79 Å². The van der Waals surface area contributed by atoms with Crippen molar-refractivity contribution in [3.63, 3.8) is 0 Å². The molecule has 96 valence electrons. The Morgan fingerprint density at radius 2 is 1.94 bits per heavy atom. The first-order valence-corrected chi connectivity index (χ1v) is 6.99. The normalized spacial score (nSPS) is 56.1. The summed E-state index contributed by atoms with van der Waals surface area (Å²) in [6.45, 7) is 8.69. The maximum absolute atomic E-state index is 12.2. The summed E-state index contributed by atoms with van der Waals surface area (Å²) in [5, 5.41) is 11.3. The van der Waals surface area contributed by atoms with E-state index in [1.54, 1.807) is 0 Å². The lowest BCUT2D eigenvalue weighted by atomic mass is 9.35. The highest BCUT2D eigenvalue weighted by molar-refractivity contribution is 5.85. The molecule has 4 aliphatic rings. The van der Waals surface area contributed by atoms with Gasteiger partial charge in [-0.15, -0.1) is 0 Å². The number of fused-ring (bicyclic) bond motifs is 1. The van der Waals surface area contributed by atoms with E-state index >= 15 is 0 Å². The van der Waals surface area contributed by atoms with E-state index in [2.05, 4.69) is 27.7 Å². The molecule has 0 radical (unpaired) electrons. The monoisotopic (exact) mass is 236 g/mol. The highest BCUT2D eigenvalue weighted by atomic mass is 16.3. The topological polar surface area (TPSA) is 37.3 Å². The molecule has 0 aromatic heterocycles. The summed E-state index contributed by atoms with van der Waals surface area (Å²) in [7, 11) is 0. The van der Waals surface area contributed by atoms with Crippen molar-refractivity contribution in [3.8, 4) is 0 Å². The second-order valence-corrected chi connectivity index (χ2v) is 7.55. The van der Waals surface area contributed by atoms with Crippen LogP contribution in [0.1, 0.15) is 53.4 Å². The summed E-state index contributed by atoms with van der Waals surface area (Å²) in [4.78, 5) is 12.2. The second kappa shape index (κ2) is 2.96. The molecule has 0 heterocycles. The molecule has 2 heteroatoms. The molecule has 4 saturated carbocycles. The van der Waals surface area contributed by atoms with E-state index in [4.69, 9.17) is 0 Å². The number of rotatable bonds is 0. The van der Waals surface area contributed by atoms with Crippen LogP contribution in [0, 0.1) is 28.6 Å². The fourth-order valence-corrected chi connectivity index (χ4v) is 5.54. The van der Waals surface area contributed by atoms with Crippen LogP contribution >= 0.6 is 0 Å². The van der Waals surface area contributed by atoms with E-state index in [9.17, 15) is 9.90 Å². The molecule has 4 bridgehead atoms. The van der Waals surface area contributed by atoms with Crippen LogP contribution in [0.25, 0.3) is 0 Å². The standard InChI is InChI=1S/C15H24O2/c1-9-5-6-15(17)13(2,3)11-7-10(9)14(15,4)8-12(11)16/h9-11,17H,5-8H2,1-4H3/t9-,10?,11?,14?,15?/m0/s1. The summed E-state index contributed by atoms with van der Waals surface area (Å²) >= 11 is 0. The van der Waals surface area contributed by atoms with Crippen molar-refractivity contribution < 1.29 is 9.90 Å². The number of aliphatic hydroxyl groups is 1. The Hall–Kier alpha value is -0.370. The lowest BCUT2D eigenvalue weighted by Gasteiger charge is -2.70. The zero-order chi connectivity index (χ0) is 12.6. The molecule has 0 aromatic rings. The molecule has 4 rings (SSSR count). The molecule has 4 unspecified atom stereocenters. The molecule has 17 heavy (non-hydrogen) atoms. The van der Waals surface area contributed by atoms with Gasteiger partial charge < -0.3 is 5.11 Å². The van der Waals surface area contributed by atoms with Gasteiger partial charge in [0.05, 0.1) is 5.60 Å². The van der Waals surface area contributed by atoms with Crippen molar-refractivity contribution in [3.05, 3.63) is 0 Å². The molecule has 4 fully saturated rings. The number of hydrogen-bond donors (Lipinski definition) is 1. The fraction of sp³-hybridized carbons (Fsp3) is 0.933. The van der Waals surface area contributed by atoms with Gasteiger partial charge in [0, 0.05) is 23.2 Å². The van der Waals surface area contributed by atoms with Gasteiger partial charge in [0.15, 0.2) is 0 Å². The molecule has 0 aromatic carbocycles. The van der Waals surface area contributed by atoms with Crippen molar-refractivity contribution in [2.24, 2.45) is 28.6 Å². The van der Waals surface area contributed by atoms with Gasteiger partial charge in [0.2, 0.25) is 0 Å². The maximum atomic E-state index is 12.2. The minimum atomic E-state index is -0.631. The second-order valence-electron chi connectivity index (χ2n) is 7.55. The van der Waals surface area contributed by atoms with Crippen LogP contribution in [0.4, 0.5) is 0 Å². The molecule has 5 atom stereocenters. The largest absolute Gasteiger partial charge is 0.389 e. The van der Waals surface area contributed by atoms with Crippen molar-refractivity contribution in [1.29, 1.82) is 0 Å². The number of hydrogen-bond acceptors (Lipinski definition) is 2. The van der Waals surface area contributed by atoms with Crippen LogP contribution in [0.2, 0.25) is 0 Å². The zero-order valence-corrected chi connectivity index (χ0v) is 11.4. The van der Waals surface area contributed by atoms with Gasteiger partial charge in [0.1, 0.15) is 5.78 Å². The molecule has 4 aliphatic carbocycles. The first kappa shape index (κ1) is 11.7. The highest BCUT2D eigenvalue weighted by Crippen LogP contribution is 2.70. The van der Waals surface area contributed by atoms with Gasteiger partial charge in [0.25, 0.3) is 0 Å². The quantitative estimate of drug-likeness (QED) is 0.702. The molecular formula is C15H24O2. The van der Waals surface area contributed by atoms with Gasteiger partial charge in [-0.2, -0.15) is 0 Å². The number of ketones is 1. The number of carbonyl (C=O) groups excluding carboxylic acids is 1. The molecule has 0 amide bonds. The van der Waals surface area contributed by atoms with Crippen LogP contribution < -0.4 is 0 Å². The predicted molar refractivity (Wildman–Crippen MR) is 66.5 cm³/mol. The molecule has 0 spiro atoms. The smallest absolute Gasteiger partial charge is 0.137 e. The van der Waals surface area contributed by atoms with Gasteiger partial charge in [-0.1, -0.05) is 27.7 Å². The molecule has 0 saturated heterocycles. The van der Waals surface area contributed by atoms with E-state index in [-0.39, 0.29) is 16.7 Å². The van der Waals surface area contributed by atoms with Gasteiger partial charge in [-0.25, -0.2) is 0 Å². The summed E-state index contributed by atoms with van der Waals surface area (Å²) in [6, 6.07) is 0. The van der Waals surface area contributed by atoms with Crippen molar-refractivity contribution >= 4 is 5.78 Å². The fourth-order valence-electron chi connectivity index (χ4n) is 5.54. The lowest BCUT2D eigenvalue weighted by Crippen LogP contribution is -2.73. The Morgan fingerprint density at radius 1 is 1.29 bits per heavy atom. The Kier molecular flexibility index (Phi) is 2.04. The van der Waals surface area contributed by atoms with E-state index in [1.165, 1.54) is 0 Å². The lowest BCUT2D eigenvalue weighted by molar-refractivity contribution is -0.277. The molecule has 2 nitrogen and oxygen atoms in total. The third-order valence-electron chi connectivity index (χ3n) is 6.77. The minimum Gasteiger partial charge on any atom is -0.389 e. The predicted octanol–water partition coefficient (Wildman–Crippen LogP) is 2.79. The maximum Gasteiger partial charge on any atom is 0.137 e. The summed E-state index contributed by atoms with van der Waals surface area (Å²) in [5.74, 6) is 1.68. The van der Waals surface area contributed by atoms with Crippen molar-refractivity contribution in [2.45, 2.75) is 59.0 Å². The average molecular weight is 236 g/mol. The average Bonchev–Trinajstić information content (AvgIpc) is 2.21. The van der Waals surface area contributed by atoms with E-state index in [0.29, 0.717) is 24.0 Å². The highest BCUT2D eigenvalue weighted by Gasteiger charge is 2.72. The molecule has 0 aliphatic heterocycles. The SMILES string of the molecule is C[C@H]1CCC2(O)C(C)(C)C3CC1C2(C)CC3=O. The van der Waals surface area contributed by atoms with E-state index in [1.807, 2.05) is 0 Å². The Bertz CT molecular complexity index is 386. The van der Waals surface area contributed by atoms with E-state index < -0.39 is 5.60 Å². The van der Waals surface area contributed by atoms with Gasteiger partial charge >= 0.3 is 0 Å². The third-order valence-corrected chi connectivity index (χ3v) is 6.77. The number of Topliss-reactive ketones (excluding diaryl/α,β-unsaturated/α-hetero) is 1. The molecular weight excluding hydrogens is 212 g/mol. The third kappa shape index (κ3) is 1.05. The van der Waals surface area contributed by atoms with E-state index in [0.717, 1.165) is 19.3 Å². The van der Waals surface area contributed by atoms with Gasteiger partial charge in [-0.05, 0) is 31.1 Å². The molecule has 1 N–H and O–H groups in total. The van der Waals surface area contributed by atoms with Crippen molar-refractivity contribution in [1.82, 2.24) is 0 Å². The Morgan fingerprint density at radius 3 is 2.59 bits per heavy atom. The minimum absolute atomic E-state index is 0.0853. The first-order chi connectivity index (χ1) is 7.74. The van der Waals surface area contributed by atoms with Crippen LogP contribution in [0.15, 0.2) is 0 Å². The van der Waals surface area contributed by atoms with Gasteiger partial charge in [-0.3, -0.25) is 4.79 Å². The van der Waals surface area contributed by atoms with Crippen LogP contribution in [0.5, 0.6) is 0 Å². The van der Waals surface area contributed by atoms with Crippen LogP contribution in [0.3, 0.4) is 0 Å². The number of carbonyl (C=O) groups is 1. The summed E-state index contributed by atoms with van der Waals surface area (Å²) in [5.41, 5.74) is -1.05. The van der Waals surface area contributed by atoms with Crippen LogP contribution in [-0.4, -0.2) is 16.5 Å².